The van der Waals surface area contributed by atoms with Gasteiger partial charge in [-0.2, -0.15) is 18.2 Å². The molecule has 0 saturated carbocycles. The molecule has 2 N–H and O–H groups in total. The van der Waals surface area contributed by atoms with Crippen molar-refractivity contribution < 1.29 is 31.8 Å². The number of ether oxygens (including phenoxy) is 2. The number of piperidine rings is 1. The van der Waals surface area contributed by atoms with Gasteiger partial charge in [0.25, 0.3) is 5.91 Å². The molecular weight excluding hydrogens is 484 g/mol. The molecule has 3 heterocycles. The Hall–Kier alpha value is -3.19. The predicted molar refractivity (Wildman–Crippen MR) is 124 cm³/mol. The van der Waals surface area contributed by atoms with Crippen molar-refractivity contribution in [3.63, 3.8) is 0 Å². The van der Waals surface area contributed by atoms with Crippen LogP contribution in [0.25, 0.3) is 0 Å². The standard InChI is InChI=1S/C23H28F4N6O3/c1-28-20-16(23(25,26)27)13-29-22(31-20)30-18-12-17(24)15(11-19(18)35-2)21(34)33-5-3-14(4-6-33)32-7-9-36-10-8-32/h11-14H,3-10H2,1-2H3,(H2,28,29,30,31). The van der Waals surface area contributed by atoms with E-state index >= 15 is 4.39 Å². The van der Waals surface area contributed by atoms with Gasteiger partial charge in [-0.3, -0.25) is 9.69 Å². The van der Waals surface area contributed by atoms with Crippen LogP contribution in [-0.2, 0) is 10.9 Å². The fraction of sp³-hybridized carbons (Fsp3) is 0.522. The SMILES string of the molecule is CNc1nc(Nc2cc(F)c(C(=O)N3CCC(N4CCOCC4)CC3)cc2OC)ncc1C(F)(F)F. The monoisotopic (exact) mass is 512 g/mol. The summed E-state index contributed by atoms with van der Waals surface area (Å²) in [4.78, 5) is 24.6. The Morgan fingerprint density at radius 2 is 1.86 bits per heavy atom. The van der Waals surface area contributed by atoms with Gasteiger partial charge in [-0.1, -0.05) is 0 Å². The predicted octanol–water partition coefficient (Wildman–Crippen LogP) is 3.37. The zero-order valence-electron chi connectivity index (χ0n) is 20.0. The number of alkyl halides is 3. The number of morpholine rings is 1. The summed E-state index contributed by atoms with van der Waals surface area (Å²) in [5.74, 6) is -1.75. The lowest BCUT2D eigenvalue weighted by Gasteiger charge is -2.40. The normalized spacial score (nSPS) is 17.7. The van der Waals surface area contributed by atoms with Crippen molar-refractivity contribution in [1.29, 1.82) is 0 Å². The van der Waals surface area contributed by atoms with Crippen molar-refractivity contribution in [3.8, 4) is 5.75 Å². The minimum atomic E-state index is -4.64. The molecule has 1 aromatic carbocycles. The Kier molecular flexibility index (Phi) is 7.79. The highest BCUT2D eigenvalue weighted by Gasteiger charge is 2.35. The maximum Gasteiger partial charge on any atom is 0.421 e. The van der Waals surface area contributed by atoms with E-state index < -0.39 is 29.3 Å². The molecule has 9 nitrogen and oxygen atoms in total. The number of nitrogens with zero attached hydrogens (tertiary/aromatic N) is 4. The molecular formula is C23H28F4N6O3. The van der Waals surface area contributed by atoms with Gasteiger partial charge < -0.3 is 25.0 Å². The molecule has 2 aliphatic rings. The molecule has 36 heavy (non-hydrogen) atoms. The highest BCUT2D eigenvalue weighted by atomic mass is 19.4. The van der Waals surface area contributed by atoms with Crippen molar-refractivity contribution in [2.45, 2.75) is 25.1 Å². The van der Waals surface area contributed by atoms with Gasteiger partial charge in [-0.15, -0.1) is 0 Å². The van der Waals surface area contributed by atoms with Gasteiger partial charge in [0.15, 0.2) is 0 Å². The van der Waals surface area contributed by atoms with Gasteiger partial charge in [-0.25, -0.2) is 9.37 Å². The van der Waals surface area contributed by atoms with E-state index in [0.717, 1.165) is 32.0 Å². The fourth-order valence-corrected chi connectivity index (χ4v) is 4.49. The summed E-state index contributed by atoms with van der Waals surface area (Å²) < 4.78 is 65.1. The van der Waals surface area contributed by atoms with E-state index in [2.05, 4.69) is 25.5 Å². The van der Waals surface area contributed by atoms with Crippen molar-refractivity contribution in [1.82, 2.24) is 19.8 Å². The minimum Gasteiger partial charge on any atom is -0.495 e. The number of nitrogens with one attached hydrogen (secondary N) is 2. The molecule has 2 saturated heterocycles. The Morgan fingerprint density at radius 3 is 2.47 bits per heavy atom. The largest absolute Gasteiger partial charge is 0.495 e. The summed E-state index contributed by atoms with van der Waals surface area (Å²) >= 11 is 0. The molecule has 4 rings (SSSR count). The number of halogens is 4. The van der Waals surface area contributed by atoms with E-state index in [1.54, 1.807) is 4.90 Å². The molecule has 0 spiro atoms. The Bertz CT molecular complexity index is 1090. The van der Waals surface area contributed by atoms with Gasteiger partial charge in [0.1, 0.15) is 22.9 Å². The number of aromatic nitrogens is 2. The van der Waals surface area contributed by atoms with Crippen LogP contribution in [0.5, 0.6) is 5.75 Å². The molecule has 0 atom stereocenters. The molecule has 196 valence electrons. The second-order valence-electron chi connectivity index (χ2n) is 8.53. The number of rotatable bonds is 6. The van der Waals surface area contributed by atoms with E-state index in [-0.39, 0.29) is 22.9 Å². The Balaban J connectivity index is 1.48. The average molecular weight is 513 g/mol. The molecule has 2 fully saturated rings. The molecule has 1 amide bonds. The first-order valence-corrected chi connectivity index (χ1v) is 11.6. The van der Waals surface area contributed by atoms with E-state index in [1.165, 1.54) is 20.2 Å². The van der Waals surface area contributed by atoms with Crippen LogP contribution < -0.4 is 15.4 Å². The summed E-state index contributed by atoms with van der Waals surface area (Å²) in [5.41, 5.74) is -1.11. The second kappa shape index (κ2) is 10.8. The van der Waals surface area contributed by atoms with Crippen LogP contribution in [0.3, 0.4) is 0 Å². The van der Waals surface area contributed by atoms with Crippen LogP contribution in [0.15, 0.2) is 18.3 Å². The number of hydrogen-bond acceptors (Lipinski definition) is 8. The number of methoxy groups -OCH3 is 1. The fourth-order valence-electron chi connectivity index (χ4n) is 4.49. The lowest BCUT2D eigenvalue weighted by atomic mass is 10.0. The Labute approximate surface area is 205 Å². The molecule has 0 aliphatic carbocycles. The van der Waals surface area contributed by atoms with Crippen LogP contribution in [0, 0.1) is 5.82 Å². The maximum absolute atomic E-state index is 15.0. The van der Waals surface area contributed by atoms with E-state index in [9.17, 15) is 18.0 Å². The summed E-state index contributed by atoms with van der Waals surface area (Å²) in [7, 11) is 2.64. The highest BCUT2D eigenvalue weighted by molar-refractivity contribution is 5.96. The molecule has 0 unspecified atom stereocenters. The van der Waals surface area contributed by atoms with Gasteiger partial charge in [-0.05, 0) is 18.9 Å². The zero-order chi connectivity index (χ0) is 25.9. The van der Waals surface area contributed by atoms with Crippen molar-refractivity contribution in [2.24, 2.45) is 0 Å². The number of anilines is 3. The molecule has 0 radical (unpaired) electrons. The number of benzene rings is 1. The number of amides is 1. The second-order valence-corrected chi connectivity index (χ2v) is 8.53. The van der Waals surface area contributed by atoms with Crippen LogP contribution in [0.1, 0.15) is 28.8 Å². The molecule has 13 heteroatoms. The van der Waals surface area contributed by atoms with Crippen molar-refractivity contribution >= 4 is 23.4 Å². The minimum absolute atomic E-state index is 0.0689. The first kappa shape index (κ1) is 25.9. The molecule has 1 aromatic heterocycles. The maximum atomic E-state index is 15.0. The molecule has 0 bridgehead atoms. The zero-order valence-corrected chi connectivity index (χ0v) is 20.0. The highest BCUT2D eigenvalue weighted by Crippen LogP contribution is 2.35. The summed E-state index contributed by atoms with van der Waals surface area (Å²) in [6.45, 7) is 4.18. The van der Waals surface area contributed by atoms with Crippen molar-refractivity contribution in [2.75, 3.05) is 64.2 Å². The third-order valence-corrected chi connectivity index (χ3v) is 6.41. The lowest BCUT2D eigenvalue weighted by Crippen LogP contribution is -2.50. The van der Waals surface area contributed by atoms with Crippen LogP contribution in [0.2, 0.25) is 0 Å². The summed E-state index contributed by atoms with van der Waals surface area (Å²) in [6.07, 6.45) is -2.42. The van der Waals surface area contributed by atoms with E-state index in [1.807, 2.05) is 0 Å². The van der Waals surface area contributed by atoms with Gasteiger partial charge in [0.05, 0.1) is 31.6 Å². The number of likely N-dealkylation sites (tertiary alicyclic amines) is 1. The summed E-state index contributed by atoms with van der Waals surface area (Å²) in [5, 5.41) is 5.05. The number of hydrogen-bond donors (Lipinski definition) is 2. The summed E-state index contributed by atoms with van der Waals surface area (Å²) in [6, 6.07) is 2.69. The van der Waals surface area contributed by atoms with Gasteiger partial charge in [0, 0.05) is 51.5 Å². The van der Waals surface area contributed by atoms with E-state index in [4.69, 9.17) is 9.47 Å². The third kappa shape index (κ3) is 5.62. The van der Waals surface area contributed by atoms with E-state index in [0.29, 0.717) is 38.5 Å². The number of carbonyl (C=O) groups excluding carboxylic acids is 1. The molecule has 2 aliphatic heterocycles. The Morgan fingerprint density at radius 1 is 1.17 bits per heavy atom. The first-order valence-electron chi connectivity index (χ1n) is 11.6. The van der Waals surface area contributed by atoms with Gasteiger partial charge >= 0.3 is 6.18 Å². The average Bonchev–Trinajstić information content (AvgIpc) is 2.88. The van der Waals surface area contributed by atoms with Crippen LogP contribution >= 0.6 is 0 Å². The smallest absolute Gasteiger partial charge is 0.421 e. The van der Waals surface area contributed by atoms with Gasteiger partial charge in [0.2, 0.25) is 5.95 Å². The topological polar surface area (TPSA) is 91.9 Å². The third-order valence-electron chi connectivity index (χ3n) is 6.41. The first-order chi connectivity index (χ1) is 17.2. The molecule has 2 aromatic rings. The number of carbonyl (C=O) groups is 1. The van der Waals surface area contributed by atoms with Crippen LogP contribution in [-0.4, -0.2) is 85.3 Å². The van der Waals surface area contributed by atoms with Crippen LogP contribution in [0.4, 0.5) is 35.0 Å². The quantitative estimate of drug-likeness (QED) is 0.570. The lowest BCUT2D eigenvalue weighted by molar-refractivity contribution is -0.137. The van der Waals surface area contributed by atoms with Crippen molar-refractivity contribution in [3.05, 3.63) is 35.3 Å².